The van der Waals surface area contributed by atoms with Crippen LogP contribution in [0.15, 0.2) is 56.6 Å². The van der Waals surface area contributed by atoms with E-state index in [1.165, 1.54) is 4.31 Å². The van der Waals surface area contributed by atoms with Crippen molar-refractivity contribution in [2.45, 2.75) is 23.7 Å². The molecule has 4 rings (SSSR count). The smallest absolute Gasteiger partial charge is 0.250 e. The number of aromatic nitrogens is 2. The van der Waals surface area contributed by atoms with E-state index in [1.807, 2.05) is 0 Å². The molecule has 8 nitrogen and oxygen atoms in total. The highest BCUT2D eigenvalue weighted by Gasteiger charge is 2.32. The van der Waals surface area contributed by atoms with Gasteiger partial charge in [0.05, 0.1) is 23.8 Å². The third kappa shape index (κ3) is 3.47. The van der Waals surface area contributed by atoms with Crippen LogP contribution in [0.3, 0.4) is 0 Å². The van der Waals surface area contributed by atoms with E-state index < -0.39 is 10.0 Å². The van der Waals surface area contributed by atoms with Crippen molar-refractivity contribution < 1.29 is 22.0 Å². The van der Waals surface area contributed by atoms with Crippen LogP contribution in [0, 0.1) is 0 Å². The maximum absolute atomic E-state index is 12.8. The summed E-state index contributed by atoms with van der Waals surface area (Å²) in [5.41, 5.74) is 0.730. The van der Waals surface area contributed by atoms with Crippen LogP contribution >= 0.6 is 0 Å². The van der Waals surface area contributed by atoms with Crippen molar-refractivity contribution in [1.82, 2.24) is 14.5 Å². The molecular formula is C18H19N3O5S. The van der Waals surface area contributed by atoms with Crippen LogP contribution in [0.5, 0.6) is 5.75 Å². The van der Waals surface area contributed by atoms with E-state index in [1.54, 1.807) is 50.0 Å². The largest absolute Gasteiger partial charge is 0.497 e. The second-order valence-corrected chi connectivity index (χ2v) is 8.25. The van der Waals surface area contributed by atoms with Crippen LogP contribution < -0.4 is 4.74 Å². The lowest BCUT2D eigenvalue weighted by Gasteiger charge is -2.29. The van der Waals surface area contributed by atoms with Gasteiger partial charge < -0.3 is 13.6 Å². The molecule has 0 bridgehead atoms. The summed E-state index contributed by atoms with van der Waals surface area (Å²) < 4.78 is 43.0. The zero-order valence-corrected chi connectivity index (χ0v) is 15.6. The molecule has 0 spiro atoms. The number of sulfonamides is 1. The number of furan rings is 1. The minimum absolute atomic E-state index is 0.0421. The molecule has 1 aliphatic rings. The van der Waals surface area contributed by atoms with Crippen molar-refractivity contribution in [2.24, 2.45) is 0 Å². The lowest BCUT2D eigenvalue weighted by Crippen LogP contribution is -2.37. The van der Waals surface area contributed by atoms with E-state index in [0.717, 1.165) is 5.56 Å². The van der Waals surface area contributed by atoms with Crippen molar-refractivity contribution in [3.8, 4) is 17.2 Å². The third-order valence-electron chi connectivity index (χ3n) is 4.71. The maximum atomic E-state index is 12.8. The molecule has 3 aromatic rings. The Labute approximate surface area is 156 Å². The van der Waals surface area contributed by atoms with Crippen molar-refractivity contribution in [2.75, 3.05) is 20.2 Å². The number of hydrogen-bond acceptors (Lipinski definition) is 7. The summed E-state index contributed by atoms with van der Waals surface area (Å²) in [6.45, 7) is 0.810. The molecule has 0 aliphatic carbocycles. The summed E-state index contributed by atoms with van der Waals surface area (Å²) in [6.07, 6.45) is 4.34. The summed E-state index contributed by atoms with van der Waals surface area (Å²) in [5.74, 6) is 1.61. The van der Waals surface area contributed by atoms with E-state index in [4.69, 9.17) is 13.6 Å². The molecule has 0 radical (unpaired) electrons. The summed E-state index contributed by atoms with van der Waals surface area (Å²) in [7, 11) is -1.98. The summed E-state index contributed by atoms with van der Waals surface area (Å²) in [5, 5.41) is 8.17. The number of hydrogen-bond donors (Lipinski definition) is 0. The standard InChI is InChI=1S/C18H19N3O5S/c1-24-15-2-4-16(5-3-15)27(22,23)21-9-6-13(7-10-21)17-19-20-18(26-17)14-8-11-25-12-14/h2-5,8,11-13H,6-7,9-10H2,1H3. The number of piperidine rings is 1. The Kier molecular flexibility index (Phi) is 4.71. The predicted molar refractivity (Wildman–Crippen MR) is 95.7 cm³/mol. The number of benzene rings is 1. The minimum atomic E-state index is -3.52. The van der Waals surface area contributed by atoms with Crippen LogP contribution in [0.2, 0.25) is 0 Å². The molecule has 1 aliphatic heterocycles. The number of nitrogens with zero attached hydrogens (tertiary/aromatic N) is 3. The van der Waals surface area contributed by atoms with Gasteiger partial charge in [0.2, 0.25) is 15.9 Å². The fraction of sp³-hybridized carbons (Fsp3) is 0.333. The van der Waals surface area contributed by atoms with Crippen molar-refractivity contribution in [3.05, 3.63) is 48.7 Å². The topological polar surface area (TPSA) is 98.7 Å². The highest BCUT2D eigenvalue weighted by Crippen LogP contribution is 2.31. The van der Waals surface area contributed by atoms with E-state index in [2.05, 4.69) is 10.2 Å². The van der Waals surface area contributed by atoms with Gasteiger partial charge in [-0.2, -0.15) is 4.31 Å². The van der Waals surface area contributed by atoms with E-state index >= 15 is 0 Å². The lowest BCUT2D eigenvalue weighted by atomic mass is 9.98. The highest BCUT2D eigenvalue weighted by atomic mass is 32.2. The fourth-order valence-corrected chi connectivity index (χ4v) is 4.61. The van der Waals surface area contributed by atoms with Gasteiger partial charge in [-0.05, 0) is 43.2 Å². The Bertz CT molecular complexity index is 988. The fourth-order valence-electron chi connectivity index (χ4n) is 3.14. The van der Waals surface area contributed by atoms with Crippen LogP contribution in [0.1, 0.15) is 24.7 Å². The summed E-state index contributed by atoms with van der Waals surface area (Å²) in [4.78, 5) is 0.266. The van der Waals surface area contributed by atoms with Gasteiger partial charge in [-0.1, -0.05) is 0 Å². The van der Waals surface area contributed by atoms with E-state index in [9.17, 15) is 8.42 Å². The molecule has 1 saturated heterocycles. The van der Waals surface area contributed by atoms with Crippen molar-refractivity contribution in [3.63, 3.8) is 0 Å². The molecule has 0 N–H and O–H groups in total. The van der Waals surface area contributed by atoms with Gasteiger partial charge in [0.25, 0.3) is 5.89 Å². The van der Waals surface area contributed by atoms with Gasteiger partial charge in [-0.25, -0.2) is 8.42 Å². The van der Waals surface area contributed by atoms with Crippen LogP contribution in [-0.2, 0) is 10.0 Å². The second-order valence-electron chi connectivity index (χ2n) is 6.31. The molecule has 1 fully saturated rings. The average Bonchev–Trinajstić information content (AvgIpc) is 3.40. The Hall–Kier alpha value is -2.65. The number of methoxy groups -OCH3 is 1. The molecular weight excluding hydrogens is 370 g/mol. The lowest BCUT2D eigenvalue weighted by molar-refractivity contribution is 0.291. The Morgan fingerprint density at radius 2 is 1.85 bits per heavy atom. The first kappa shape index (κ1) is 17.7. The van der Waals surface area contributed by atoms with E-state index in [0.29, 0.717) is 43.5 Å². The monoisotopic (exact) mass is 389 g/mol. The van der Waals surface area contributed by atoms with Crippen LogP contribution in [0.25, 0.3) is 11.5 Å². The quantitative estimate of drug-likeness (QED) is 0.661. The SMILES string of the molecule is COc1ccc(S(=O)(=O)N2CCC(c3nnc(-c4ccoc4)o3)CC2)cc1. The van der Waals surface area contributed by atoms with E-state index in [-0.39, 0.29) is 10.8 Å². The first-order valence-corrected chi connectivity index (χ1v) is 10.0. The first-order valence-electron chi connectivity index (χ1n) is 8.58. The Balaban J connectivity index is 1.43. The molecule has 2 aromatic heterocycles. The molecule has 0 saturated carbocycles. The van der Waals surface area contributed by atoms with Gasteiger partial charge in [-0.15, -0.1) is 10.2 Å². The molecule has 27 heavy (non-hydrogen) atoms. The Morgan fingerprint density at radius 3 is 2.48 bits per heavy atom. The van der Waals surface area contributed by atoms with Gasteiger partial charge in [-0.3, -0.25) is 0 Å². The van der Waals surface area contributed by atoms with Crippen molar-refractivity contribution in [1.29, 1.82) is 0 Å². The minimum Gasteiger partial charge on any atom is -0.497 e. The van der Waals surface area contributed by atoms with Gasteiger partial charge in [0, 0.05) is 19.0 Å². The van der Waals surface area contributed by atoms with Gasteiger partial charge in [0.15, 0.2) is 0 Å². The van der Waals surface area contributed by atoms with Crippen LogP contribution in [0.4, 0.5) is 0 Å². The number of rotatable bonds is 5. The highest BCUT2D eigenvalue weighted by molar-refractivity contribution is 7.89. The molecule has 0 unspecified atom stereocenters. The normalized spacial score (nSPS) is 16.5. The zero-order valence-electron chi connectivity index (χ0n) is 14.7. The average molecular weight is 389 g/mol. The second kappa shape index (κ2) is 7.16. The maximum Gasteiger partial charge on any atom is 0.250 e. The van der Waals surface area contributed by atoms with Gasteiger partial charge >= 0.3 is 0 Å². The van der Waals surface area contributed by atoms with Crippen molar-refractivity contribution >= 4 is 10.0 Å². The van der Waals surface area contributed by atoms with Gasteiger partial charge in [0.1, 0.15) is 12.0 Å². The van der Waals surface area contributed by atoms with Crippen LogP contribution in [-0.4, -0.2) is 43.1 Å². The summed E-state index contributed by atoms with van der Waals surface area (Å²) >= 11 is 0. The first-order chi connectivity index (χ1) is 13.1. The molecule has 0 amide bonds. The predicted octanol–water partition coefficient (Wildman–Crippen LogP) is 2.91. The molecule has 3 heterocycles. The molecule has 142 valence electrons. The zero-order chi connectivity index (χ0) is 18.9. The molecule has 1 aromatic carbocycles. The number of ether oxygens (including phenoxy) is 1. The molecule has 9 heteroatoms. The molecule has 0 atom stereocenters. The third-order valence-corrected chi connectivity index (χ3v) is 6.62. The summed E-state index contributed by atoms with van der Waals surface area (Å²) in [6, 6.07) is 8.18. The Morgan fingerprint density at radius 1 is 1.11 bits per heavy atom.